The largest absolute Gasteiger partial charge is 0.310 e. The number of hydrogen-bond acceptors (Lipinski definition) is 2. The summed E-state index contributed by atoms with van der Waals surface area (Å²) < 4.78 is 2.46. The van der Waals surface area contributed by atoms with Gasteiger partial charge in [-0.05, 0) is 141 Å². The number of nitrogens with zero attached hydrogens (tertiary/aromatic N) is 3. The quantitative estimate of drug-likeness (QED) is 0.144. The highest BCUT2D eigenvalue weighted by Gasteiger charge is 2.20. The van der Waals surface area contributed by atoms with Gasteiger partial charge in [0.1, 0.15) is 0 Å². The fraction of sp³-hybridized carbons (Fsp3) is 0. The molecule has 65 heavy (non-hydrogen) atoms. The Labute approximate surface area is 378 Å². The van der Waals surface area contributed by atoms with Gasteiger partial charge in [-0.3, -0.25) is 0 Å². The molecule has 0 aliphatic heterocycles. The maximum Gasteiger partial charge on any atom is 0.0561 e. The SMILES string of the molecule is c1ccc(-c2ccc(N(c3ccccc3)c3ccc4cc5c6ccc(N(c7ccccc7)c7ccc(-c8ccccc8)cc7)cc6n(-c6ccc7ccccc7c6)c5cc4c3)cc2)cc1. The molecule has 11 aromatic carbocycles. The van der Waals surface area contributed by atoms with Crippen LogP contribution in [0.1, 0.15) is 0 Å². The Morgan fingerprint density at radius 3 is 1.23 bits per heavy atom. The lowest BCUT2D eigenvalue weighted by Gasteiger charge is -2.26. The normalized spacial score (nSPS) is 11.4. The van der Waals surface area contributed by atoms with E-state index in [1.807, 2.05) is 0 Å². The molecule has 1 aromatic heterocycles. The van der Waals surface area contributed by atoms with E-state index in [4.69, 9.17) is 0 Å². The van der Waals surface area contributed by atoms with E-state index in [-0.39, 0.29) is 0 Å². The summed E-state index contributed by atoms with van der Waals surface area (Å²) in [5.41, 5.74) is 14.8. The number of para-hydroxylation sites is 2. The molecule has 3 heteroatoms. The maximum absolute atomic E-state index is 2.46. The standard InChI is InChI=1S/C62H43N3/c1-5-15-44(16-6-1)47-25-31-54(32-26-47)63(52-21-9-3-10-22-52)56-36-30-50-41-60-59-38-37-58(64(53-23-11-4-12-24-53)55-33-27-48(28-34-55)45-17-7-2-8-18-45)43-62(59)65(61(60)42-51(50)40-56)57-35-29-46-19-13-14-20-49(46)39-57/h1-43H. The van der Waals surface area contributed by atoms with Crippen LogP contribution >= 0.6 is 0 Å². The monoisotopic (exact) mass is 829 g/mol. The Balaban J connectivity index is 1.04. The average Bonchev–Trinajstić information content (AvgIpc) is 3.69. The maximum atomic E-state index is 2.46. The van der Waals surface area contributed by atoms with Crippen LogP contribution in [0.15, 0.2) is 261 Å². The molecule has 3 nitrogen and oxygen atoms in total. The molecule has 12 rings (SSSR count). The molecule has 12 aromatic rings. The minimum Gasteiger partial charge on any atom is -0.310 e. The van der Waals surface area contributed by atoms with Crippen LogP contribution in [0.3, 0.4) is 0 Å². The van der Waals surface area contributed by atoms with E-state index in [0.29, 0.717) is 0 Å². The van der Waals surface area contributed by atoms with Crippen LogP contribution in [0.4, 0.5) is 34.1 Å². The average molecular weight is 830 g/mol. The summed E-state index contributed by atoms with van der Waals surface area (Å²) >= 11 is 0. The molecule has 0 atom stereocenters. The van der Waals surface area contributed by atoms with Crippen molar-refractivity contribution >= 4 is 77.5 Å². The molecule has 0 N–H and O–H groups in total. The first-order valence-corrected chi connectivity index (χ1v) is 22.2. The number of anilines is 6. The number of benzene rings is 11. The Morgan fingerprint density at radius 2 is 0.646 bits per heavy atom. The molecular formula is C62H43N3. The molecule has 0 fully saturated rings. The molecule has 0 saturated heterocycles. The van der Waals surface area contributed by atoms with E-state index in [1.165, 1.54) is 54.6 Å². The summed E-state index contributed by atoms with van der Waals surface area (Å²) in [6, 6.07) is 94.4. The Morgan fingerprint density at radius 1 is 0.231 bits per heavy atom. The second-order valence-corrected chi connectivity index (χ2v) is 16.6. The Kier molecular flexibility index (Phi) is 9.50. The van der Waals surface area contributed by atoms with Crippen LogP contribution in [-0.2, 0) is 0 Å². The Bertz CT molecular complexity index is 3620. The zero-order valence-electron chi connectivity index (χ0n) is 35.7. The van der Waals surface area contributed by atoms with Gasteiger partial charge in [-0.25, -0.2) is 0 Å². The third kappa shape index (κ3) is 7.06. The predicted octanol–water partition coefficient (Wildman–Crippen LogP) is 17.4. The van der Waals surface area contributed by atoms with E-state index in [1.54, 1.807) is 0 Å². The van der Waals surface area contributed by atoms with Crippen LogP contribution in [-0.4, -0.2) is 4.57 Å². The van der Waals surface area contributed by atoms with Gasteiger partial charge in [-0.2, -0.15) is 0 Å². The van der Waals surface area contributed by atoms with E-state index < -0.39 is 0 Å². The van der Waals surface area contributed by atoms with Crippen LogP contribution in [0, 0.1) is 0 Å². The van der Waals surface area contributed by atoms with Crippen molar-refractivity contribution < 1.29 is 0 Å². The molecule has 1 heterocycles. The smallest absolute Gasteiger partial charge is 0.0561 e. The van der Waals surface area contributed by atoms with Gasteiger partial charge in [0, 0.05) is 50.6 Å². The summed E-state index contributed by atoms with van der Waals surface area (Å²) in [6.45, 7) is 0. The van der Waals surface area contributed by atoms with Crippen LogP contribution in [0.5, 0.6) is 0 Å². The van der Waals surface area contributed by atoms with Crippen molar-refractivity contribution in [3.05, 3.63) is 261 Å². The lowest BCUT2D eigenvalue weighted by atomic mass is 10.0. The fourth-order valence-corrected chi connectivity index (χ4v) is 9.52. The van der Waals surface area contributed by atoms with Crippen LogP contribution < -0.4 is 9.80 Å². The van der Waals surface area contributed by atoms with Crippen molar-refractivity contribution in [2.24, 2.45) is 0 Å². The molecule has 306 valence electrons. The molecule has 0 radical (unpaired) electrons. The predicted molar refractivity (Wildman–Crippen MR) is 276 cm³/mol. The molecule has 0 aliphatic rings. The second kappa shape index (κ2) is 16.2. The molecule has 0 bridgehead atoms. The van der Waals surface area contributed by atoms with Crippen molar-refractivity contribution in [2.45, 2.75) is 0 Å². The van der Waals surface area contributed by atoms with Gasteiger partial charge in [-0.1, -0.05) is 164 Å². The fourth-order valence-electron chi connectivity index (χ4n) is 9.52. The number of aromatic nitrogens is 1. The molecule has 0 aliphatic carbocycles. The van der Waals surface area contributed by atoms with E-state index >= 15 is 0 Å². The minimum atomic E-state index is 1.09. The lowest BCUT2D eigenvalue weighted by Crippen LogP contribution is -2.10. The molecule has 0 saturated carbocycles. The summed E-state index contributed by atoms with van der Waals surface area (Å²) in [5, 5.41) is 7.22. The van der Waals surface area contributed by atoms with Gasteiger partial charge < -0.3 is 14.4 Å². The molecule has 0 unspecified atom stereocenters. The zero-order chi connectivity index (χ0) is 43.1. The van der Waals surface area contributed by atoms with Crippen LogP contribution in [0.25, 0.3) is 71.3 Å². The first kappa shape index (κ1) is 38.0. The molecular weight excluding hydrogens is 787 g/mol. The van der Waals surface area contributed by atoms with E-state index in [0.717, 1.165) is 50.8 Å². The van der Waals surface area contributed by atoms with Gasteiger partial charge in [0.25, 0.3) is 0 Å². The number of fused-ring (bicyclic) bond motifs is 5. The number of hydrogen-bond donors (Lipinski definition) is 0. The molecule has 0 amide bonds. The highest BCUT2D eigenvalue weighted by molar-refractivity contribution is 6.15. The first-order valence-electron chi connectivity index (χ1n) is 22.2. The summed E-state index contributed by atoms with van der Waals surface area (Å²) in [5.74, 6) is 0. The van der Waals surface area contributed by atoms with Gasteiger partial charge in [0.05, 0.1) is 11.0 Å². The summed E-state index contributed by atoms with van der Waals surface area (Å²) in [4.78, 5) is 4.72. The van der Waals surface area contributed by atoms with E-state index in [9.17, 15) is 0 Å². The van der Waals surface area contributed by atoms with Crippen molar-refractivity contribution in [3.8, 4) is 27.9 Å². The van der Waals surface area contributed by atoms with Crippen molar-refractivity contribution in [1.82, 2.24) is 4.57 Å². The van der Waals surface area contributed by atoms with Gasteiger partial charge >= 0.3 is 0 Å². The third-order valence-electron chi connectivity index (χ3n) is 12.7. The number of rotatable bonds is 9. The van der Waals surface area contributed by atoms with Gasteiger partial charge in [0.2, 0.25) is 0 Å². The summed E-state index contributed by atoms with van der Waals surface area (Å²) in [6.07, 6.45) is 0. The van der Waals surface area contributed by atoms with Crippen molar-refractivity contribution in [1.29, 1.82) is 0 Å². The highest BCUT2D eigenvalue weighted by atomic mass is 15.1. The zero-order valence-corrected chi connectivity index (χ0v) is 35.7. The topological polar surface area (TPSA) is 11.4 Å². The second-order valence-electron chi connectivity index (χ2n) is 16.6. The Hall–Kier alpha value is -8.66. The molecule has 0 spiro atoms. The third-order valence-corrected chi connectivity index (χ3v) is 12.7. The van der Waals surface area contributed by atoms with E-state index in [2.05, 4.69) is 275 Å². The first-order chi connectivity index (χ1) is 32.2. The lowest BCUT2D eigenvalue weighted by molar-refractivity contribution is 1.18. The van der Waals surface area contributed by atoms with Crippen LogP contribution in [0.2, 0.25) is 0 Å². The van der Waals surface area contributed by atoms with Crippen molar-refractivity contribution in [2.75, 3.05) is 9.80 Å². The van der Waals surface area contributed by atoms with Gasteiger partial charge in [-0.15, -0.1) is 0 Å². The summed E-state index contributed by atoms with van der Waals surface area (Å²) in [7, 11) is 0. The van der Waals surface area contributed by atoms with Gasteiger partial charge in [0.15, 0.2) is 0 Å². The van der Waals surface area contributed by atoms with Crippen molar-refractivity contribution in [3.63, 3.8) is 0 Å². The highest BCUT2D eigenvalue weighted by Crippen LogP contribution is 2.43. The minimum absolute atomic E-state index is 1.09.